The monoisotopic (exact) mass is 148 g/mol. The summed E-state index contributed by atoms with van der Waals surface area (Å²) in [6.07, 6.45) is 1.95. The van der Waals surface area contributed by atoms with E-state index in [1.807, 2.05) is 0 Å². The van der Waals surface area contributed by atoms with Crippen LogP contribution in [0.5, 0.6) is 0 Å². The van der Waals surface area contributed by atoms with Crippen molar-refractivity contribution in [1.82, 2.24) is 4.31 Å². The summed E-state index contributed by atoms with van der Waals surface area (Å²) in [5.74, 6) is 0. The van der Waals surface area contributed by atoms with E-state index in [2.05, 4.69) is 0 Å². The molecular formula is C5H12N2OS. The Balaban J connectivity index is 2.73. The third-order valence-electron chi connectivity index (χ3n) is 1.52. The van der Waals surface area contributed by atoms with Gasteiger partial charge in [-0.05, 0) is 12.8 Å². The third kappa shape index (κ3) is 1.24. The fourth-order valence-electron chi connectivity index (χ4n) is 0.686. The van der Waals surface area contributed by atoms with Crippen LogP contribution in [0.15, 0.2) is 0 Å². The van der Waals surface area contributed by atoms with Gasteiger partial charge in [0.05, 0.1) is 5.25 Å². The van der Waals surface area contributed by atoms with E-state index in [9.17, 15) is 4.21 Å². The van der Waals surface area contributed by atoms with Gasteiger partial charge in [0.15, 0.2) is 0 Å². The van der Waals surface area contributed by atoms with Crippen molar-refractivity contribution >= 4 is 9.92 Å². The first kappa shape index (κ1) is 7.02. The summed E-state index contributed by atoms with van der Waals surface area (Å²) in [6, 6.07) is 0. The second kappa shape index (κ2) is 1.95. The van der Waals surface area contributed by atoms with E-state index in [0.29, 0.717) is 0 Å². The number of rotatable bonds is 2. The summed E-state index contributed by atoms with van der Waals surface area (Å²) >= 11 is 0. The van der Waals surface area contributed by atoms with Gasteiger partial charge in [-0.3, -0.25) is 0 Å². The molecule has 1 saturated carbocycles. The fourth-order valence-corrected chi connectivity index (χ4v) is 2.06. The van der Waals surface area contributed by atoms with E-state index >= 15 is 0 Å². The first-order valence-electron chi connectivity index (χ1n) is 3.00. The number of nitrogens with zero attached hydrogens (tertiary/aromatic N) is 1. The van der Waals surface area contributed by atoms with Crippen LogP contribution in [0, 0.1) is 4.78 Å². The van der Waals surface area contributed by atoms with Crippen LogP contribution in [0.1, 0.15) is 12.8 Å². The highest BCUT2D eigenvalue weighted by Gasteiger charge is 2.33. The molecule has 1 N–H and O–H groups in total. The summed E-state index contributed by atoms with van der Waals surface area (Å²) in [5.41, 5.74) is 0. The lowest BCUT2D eigenvalue weighted by molar-refractivity contribution is 0.588. The Labute approximate surface area is 56.2 Å². The zero-order valence-electron chi connectivity index (χ0n) is 5.76. The largest absolute Gasteiger partial charge is 0.240 e. The van der Waals surface area contributed by atoms with Crippen molar-refractivity contribution in [3.05, 3.63) is 0 Å². The molecule has 0 saturated heterocycles. The Bertz CT molecular complexity index is 183. The van der Waals surface area contributed by atoms with Crippen LogP contribution < -0.4 is 0 Å². The zero-order chi connectivity index (χ0) is 7.07. The molecule has 1 fully saturated rings. The molecule has 0 aromatic heterocycles. The molecule has 0 heterocycles. The quantitative estimate of drug-likeness (QED) is 0.614. The van der Waals surface area contributed by atoms with E-state index in [4.69, 9.17) is 4.78 Å². The molecule has 1 atom stereocenters. The first-order chi connectivity index (χ1) is 4.05. The lowest BCUT2D eigenvalue weighted by Crippen LogP contribution is -2.24. The molecule has 1 aliphatic rings. The first-order valence-corrected chi connectivity index (χ1v) is 4.58. The Morgan fingerprint density at radius 1 is 1.56 bits per heavy atom. The molecule has 1 aliphatic carbocycles. The van der Waals surface area contributed by atoms with Gasteiger partial charge in [-0.15, -0.1) is 0 Å². The third-order valence-corrected chi connectivity index (χ3v) is 3.98. The van der Waals surface area contributed by atoms with Crippen LogP contribution >= 0.6 is 0 Å². The highest BCUT2D eigenvalue weighted by Crippen LogP contribution is 2.30. The minimum atomic E-state index is -2.37. The van der Waals surface area contributed by atoms with Crippen LogP contribution in [0.3, 0.4) is 0 Å². The summed E-state index contributed by atoms with van der Waals surface area (Å²) in [7, 11) is 1.03. The zero-order valence-corrected chi connectivity index (χ0v) is 6.57. The van der Waals surface area contributed by atoms with Gasteiger partial charge in [-0.2, -0.15) is 0 Å². The predicted molar refractivity (Wildman–Crippen MR) is 37.6 cm³/mol. The summed E-state index contributed by atoms with van der Waals surface area (Å²) in [4.78, 5) is 0. The van der Waals surface area contributed by atoms with Gasteiger partial charge in [-0.25, -0.2) is 13.3 Å². The van der Waals surface area contributed by atoms with Crippen molar-refractivity contribution in [2.24, 2.45) is 0 Å². The van der Waals surface area contributed by atoms with Gasteiger partial charge in [-0.1, -0.05) is 0 Å². The highest BCUT2D eigenvalue weighted by molar-refractivity contribution is 7.91. The van der Waals surface area contributed by atoms with Crippen LogP contribution in [-0.4, -0.2) is 27.9 Å². The second-order valence-electron chi connectivity index (χ2n) is 2.58. The summed E-state index contributed by atoms with van der Waals surface area (Å²) in [5, 5.41) is 0.160. The maximum absolute atomic E-state index is 11.2. The smallest absolute Gasteiger partial charge is 0.110 e. The normalized spacial score (nSPS) is 26.1. The van der Waals surface area contributed by atoms with E-state index in [1.54, 1.807) is 14.1 Å². The second-order valence-corrected chi connectivity index (χ2v) is 5.11. The minimum absolute atomic E-state index is 0.160. The average molecular weight is 148 g/mol. The SMILES string of the molecule is CN(C)S(=N)(=O)C1CC1. The highest BCUT2D eigenvalue weighted by atomic mass is 32.2. The van der Waals surface area contributed by atoms with E-state index < -0.39 is 9.92 Å². The molecule has 0 radical (unpaired) electrons. The minimum Gasteiger partial charge on any atom is -0.240 e. The molecule has 0 aliphatic heterocycles. The van der Waals surface area contributed by atoms with Gasteiger partial charge in [0, 0.05) is 14.1 Å². The fraction of sp³-hybridized carbons (Fsp3) is 1.00. The lowest BCUT2D eigenvalue weighted by atomic mass is 11.0. The molecule has 0 aromatic carbocycles. The van der Waals surface area contributed by atoms with Crippen molar-refractivity contribution in [3.63, 3.8) is 0 Å². The van der Waals surface area contributed by atoms with Gasteiger partial charge in [0.2, 0.25) is 0 Å². The molecule has 1 unspecified atom stereocenters. The molecule has 9 heavy (non-hydrogen) atoms. The Morgan fingerprint density at radius 3 is 2.11 bits per heavy atom. The molecule has 0 aromatic rings. The van der Waals surface area contributed by atoms with Crippen LogP contribution in [0.4, 0.5) is 0 Å². The average Bonchev–Trinajstić information content (AvgIpc) is 2.42. The van der Waals surface area contributed by atoms with Crippen LogP contribution in [-0.2, 0) is 9.92 Å². The number of hydrogen-bond acceptors (Lipinski definition) is 2. The summed E-state index contributed by atoms with van der Waals surface area (Å²) < 4.78 is 20.1. The van der Waals surface area contributed by atoms with Crippen LogP contribution in [0.25, 0.3) is 0 Å². The Morgan fingerprint density at radius 2 is 2.00 bits per heavy atom. The van der Waals surface area contributed by atoms with Crippen molar-refractivity contribution in [3.8, 4) is 0 Å². The van der Waals surface area contributed by atoms with E-state index in [-0.39, 0.29) is 5.25 Å². The van der Waals surface area contributed by atoms with Crippen molar-refractivity contribution < 1.29 is 4.21 Å². The molecule has 0 bridgehead atoms. The van der Waals surface area contributed by atoms with Crippen molar-refractivity contribution in [2.75, 3.05) is 14.1 Å². The van der Waals surface area contributed by atoms with Gasteiger partial charge in [0.1, 0.15) is 9.92 Å². The number of hydrogen-bond donors (Lipinski definition) is 1. The topological polar surface area (TPSA) is 44.2 Å². The molecule has 4 heteroatoms. The van der Waals surface area contributed by atoms with Crippen LogP contribution in [0.2, 0.25) is 0 Å². The maximum Gasteiger partial charge on any atom is 0.110 e. The predicted octanol–water partition coefficient (Wildman–Crippen LogP) is 0.672. The van der Waals surface area contributed by atoms with Gasteiger partial charge >= 0.3 is 0 Å². The van der Waals surface area contributed by atoms with E-state index in [1.165, 1.54) is 4.31 Å². The van der Waals surface area contributed by atoms with Gasteiger partial charge < -0.3 is 0 Å². The Hall–Kier alpha value is -0.0900. The molecule has 0 amide bonds. The molecule has 0 spiro atoms. The lowest BCUT2D eigenvalue weighted by Gasteiger charge is -2.12. The summed E-state index contributed by atoms with van der Waals surface area (Å²) in [6.45, 7) is 0. The molecule has 3 nitrogen and oxygen atoms in total. The number of nitrogens with one attached hydrogen (secondary N) is 1. The standard InChI is InChI=1S/C5H12N2OS/c1-7(2)9(6,8)5-3-4-5/h5-6H,3-4H2,1-2H3. The van der Waals surface area contributed by atoms with Crippen molar-refractivity contribution in [2.45, 2.75) is 18.1 Å². The molecular weight excluding hydrogens is 136 g/mol. The van der Waals surface area contributed by atoms with E-state index in [0.717, 1.165) is 12.8 Å². The van der Waals surface area contributed by atoms with Crippen molar-refractivity contribution in [1.29, 1.82) is 4.78 Å². The molecule has 1 rings (SSSR count). The maximum atomic E-state index is 11.2. The Kier molecular flexibility index (Phi) is 1.52. The molecule has 54 valence electrons. The van der Waals surface area contributed by atoms with Gasteiger partial charge in [0.25, 0.3) is 0 Å².